The summed E-state index contributed by atoms with van der Waals surface area (Å²) in [6, 6.07) is 9.78. The zero-order valence-electron chi connectivity index (χ0n) is 12.0. The lowest BCUT2D eigenvalue weighted by Crippen LogP contribution is -2.00. The molecule has 1 heterocycles. The number of nitro groups is 1. The maximum atomic E-state index is 13.2. The van der Waals surface area contributed by atoms with Gasteiger partial charge in [-0.15, -0.1) is 0 Å². The summed E-state index contributed by atoms with van der Waals surface area (Å²) in [5.41, 5.74) is 0.292. The molecule has 24 heavy (non-hydrogen) atoms. The molecule has 0 atom stereocenters. The largest absolute Gasteiger partial charge is 0.477 e. The summed E-state index contributed by atoms with van der Waals surface area (Å²) in [6.07, 6.45) is 0. The van der Waals surface area contributed by atoms with Gasteiger partial charge in [-0.1, -0.05) is 28.9 Å². The standard InChI is InChI=1S/C15H9ClFN3O4/c16-10-3-1-2-9(6-10)15-18-14(24-19-15)8-23-13-7-11(17)4-5-12(13)20(21)22/h1-7H,8H2. The minimum atomic E-state index is -0.667. The molecule has 0 fully saturated rings. The van der Waals surface area contributed by atoms with Gasteiger partial charge in [-0.2, -0.15) is 4.98 Å². The quantitative estimate of drug-likeness (QED) is 0.510. The molecular weight excluding hydrogens is 341 g/mol. The molecule has 0 radical (unpaired) electrons. The molecule has 0 spiro atoms. The Hall–Kier alpha value is -3.00. The predicted molar refractivity (Wildman–Crippen MR) is 82.1 cm³/mol. The van der Waals surface area contributed by atoms with E-state index in [-0.39, 0.29) is 23.9 Å². The van der Waals surface area contributed by atoms with E-state index in [9.17, 15) is 14.5 Å². The van der Waals surface area contributed by atoms with Gasteiger partial charge in [0.2, 0.25) is 11.6 Å². The van der Waals surface area contributed by atoms with Crippen molar-refractivity contribution in [2.75, 3.05) is 0 Å². The second-order valence-corrected chi connectivity index (χ2v) is 5.12. The van der Waals surface area contributed by atoms with E-state index in [1.54, 1.807) is 24.3 Å². The van der Waals surface area contributed by atoms with E-state index in [0.29, 0.717) is 16.4 Å². The number of hydrogen-bond donors (Lipinski definition) is 0. The second-order valence-electron chi connectivity index (χ2n) is 4.68. The van der Waals surface area contributed by atoms with Crippen LogP contribution in [0.2, 0.25) is 5.02 Å². The van der Waals surface area contributed by atoms with Gasteiger partial charge in [0.05, 0.1) is 4.92 Å². The van der Waals surface area contributed by atoms with Gasteiger partial charge < -0.3 is 9.26 Å². The van der Waals surface area contributed by atoms with E-state index in [4.69, 9.17) is 20.9 Å². The number of nitro benzene ring substituents is 1. The molecule has 0 amide bonds. The molecule has 7 nitrogen and oxygen atoms in total. The highest BCUT2D eigenvalue weighted by atomic mass is 35.5. The van der Waals surface area contributed by atoms with Gasteiger partial charge in [0.25, 0.3) is 5.89 Å². The third kappa shape index (κ3) is 3.49. The molecule has 3 rings (SSSR count). The van der Waals surface area contributed by atoms with Gasteiger partial charge in [0.15, 0.2) is 6.61 Å². The number of hydrogen-bond acceptors (Lipinski definition) is 6. The van der Waals surface area contributed by atoms with Crippen molar-refractivity contribution in [1.82, 2.24) is 10.1 Å². The van der Waals surface area contributed by atoms with Crippen molar-refractivity contribution in [3.63, 3.8) is 0 Å². The van der Waals surface area contributed by atoms with Crippen LogP contribution >= 0.6 is 11.6 Å². The fraction of sp³-hybridized carbons (Fsp3) is 0.0667. The van der Waals surface area contributed by atoms with E-state index < -0.39 is 10.7 Å². The monoisotopic (exact) mass is 349 g/mol. The van der Waals surface area contributed by atoms with Crippen LogP contribution in [0.4, 0.5) is 10.1 Å². The normalized spacial score (nSPS) is 10.6. The van der Waals surface area contributed by atoms with Crippen molar-refractivity contribution in [2.45, 2.75) is 6.61 Å². The fourth-order valence-corrected chi connectivity index (χ4v) is 2.14. The molecule has 0 saturated heterocycles. The molecule has 2 aromatic carbocycles. The average molecular weight is 350 g/mol. The lowest BCUT2D eigenvalue weighted by molar-refractivity contribution is -0.386. The highest BCUT2D eigenvalue weighted by Crippen LogP contribution is 2.28. The molecule has 0 bridgehead atoms. The maximum Gasteiger partial charge on any atom is 0.311 e. The first-order valence-corrected chi connectivity index (χ1v) is 7.06. The number of aromatic nitrogens is 2. The SMILES string of the molecule is O=[N+]([O-])c1ccc(F)cc1OCc1nc(-c2cccc(Cl)c2)no1. The Bertz CT molecular complexity index is 900. The van der Waals surface area contributed by atoms with E-state index in [1.165, 1.54) is 0 Å². The van der Waals surface area contributed by atoms with Gasteiger partial charge in [-0.05, 0) is 18.2 Å². The number of rotatable bonds is 5. The van der Waals surface area contributed by atoms with Gasteiger partial charge >= 0.3 is 5.69 Å². The molecule has 0 aliphatic carbocycles. The Kier molecular flexibility index (Phi) is 4.39. The molecular formula is C15H9ClFN3O4. The van der Waals surface area contributed by atoms with Crippen LogP contribution < -0.4 is 4.74 Å². The molecule has 9 heteroatoms. The van der Waals surface area contributed by atoms with Crippen LogP contribution in [0.25, 0.3) is 11.4 Å². The Labute approximate surface area is 139 Å². The van der Waals surface area contributed by atoms with Crippen LogP contribution in [-0.2, 0) is 6.61 Å². The number of nitrogens with zero attached hydrogens (tertiary/aromatic N) is 3. The van der Waals surface area contributed by atoms with Gasteiger partial charge in [-0.25, -0.2) is 4.39 Å². The third-order valence-electron chi connectivity index (χ3n) is 3.02. The van der Waals surface area contributed by atoms with E-state index in [1.807, 2.05) is 0 Å². The lowest BCUT2D eigenvalue weighted by atomic mass is 10.2. The summed E-state index contributed by atoms with van der Waals surface area (Å²) in [4.78, 5) is 14.3. The summed E-state index contributed by atoms with van der Waals surface area (Å²) >= 11 is 5.89. The molecule has 0 aliphatic rings. The zero-order chi connectivity index (χ0) is 17.1. The highest BCUT2D eigenvalue weighted by Gasteiger charge is 2.17. The number of benzene rings is 2. The Morgan fingerprint density at radius 2 is 2.12 bits per heavy atom. The molecule has 0 N–H and O–H groups in total. The minimum Gasteiger partial charge on any atom is -0.477 e. The Balaban J connectivity index is 1.77. The smallest absolute Gasteiger partial charge is 0.311 e. The van der Waals surface area contributed by atoms with Crippen LogP contribution in [0, 0.1) is 15.9 Å². The van der Waals surface area contributed by atoms with Crippen molar-refractivity contribution in [3.8, 4) is 17.1 Å². The lowest BCUT2D eigenvalue weighted by Gasteiger charge is -2.03. The molecule has 0 aliphatic heterocycles. The van der Waals surface area contributed by atoms with Crippen molar-refractivity contribution in [3.05, 3.63) is 69.3 Å². The van der Waals surface area contributed by atoms with Crippen molar-refractivity contribution >= 4 is 17.3 Å². The van der Waals surface area contributed by atoms with Gasteiger partial charge in [0.1, 0.15) is 5.82 Å². The van der Waals surface area contributed by atoms with E-state index in [2.05, 4.69) is 10.1 Å². The van der Waals surface area contributed by atoms with E-state index in [0.717, 1.165) is 18.2 Å². The highest BCUT2D eigenvalue weighted by molar-refractivity contribution is 6.30. The van der Waals surface area contributed by atoms with Crippen LogP contribution in [0.1, 0.15) is 5.89 Å². The van der Waals surface area contributed by atoms with Gasteiger partial charge in [-0.3, -0.25) is 10.1 Å². The number of halogens is 2. The Morgan fingerprint density at radius 3 is 2.88 bits per heavy atom. The fourth-order valence-electron chi connectivity index (χ4n) is 1.95. The summed E-state index contributed by atoms with van der Waals surface area (Å²) in [5, 5.41) is 15.2. The first-order chi connectivity index (χ1) is 11.5. The molecule has 0 saturated carbocycles. The first-order valence-electron chi connectivity index (χ1n) is 6.68. The Morgan fingerprint density at radius 1 is 1.29 bits per heavy atom. The second kappa shape index (κ2) is 6.63. The van der Waals surface area contributed by atoms with E-state index >= 15 is 0 Å². The number of ether oxygens (including phenoxy) is 1. The van der Waals surface area contributed by atoms with Crippen LogP contribution in [0.5, 0.6) is 5.75 Å². The van der Waals surface area contributed by atoms with Crippen molar-refractivity contribution in [2.24, 2.45) is 0 Å². The zero-order valence-corrected chi connectivity index (χ0v) is 12.7. The summed E-state index contributed by atoms with van der Waals surface area (Å²) < 4.78 is 23.5. The van der Waals surface area contributed by atoms with Crippen LogP contribution in [0.3, 0.4) is 0 Å². The first kappa shape index (κ1) is 15.9. The van der Waals surface area contributed by atoms with Crippen LogP contribution in [-0.4, -0.2) is 15.1 Å². The molecule has 122 valence electrons. The van der Waals surface area contributed by atoms with Crippen molar-refractivity contribution < 1.29 is 18.6 Å². The third-order valence-corrected chi connectivity index (χ3v) is 3.26. The van der Waals surface area contributed by atoms with Gasteiger partial charge in [0, 0.05) is 22.7 Å². The predicted octanol–water partition coefficient (Wildman–Crippen LogP) is 4.02. The summed E-state index contributed by atoms with van der Waals surface area (Å²) in [6.45, 7) is -0.238. The maximum absolute atomic E-state index is 13.2. The molecule has 3 aromatic rings. The average Bonchev–Trinajstić information content (AvgIpc) is 3.01. The summed E-state index contributed by atoms with van der Waals surface area (Å²) in [5.74, 6) is -0.489. The molecule has 0 unspecified atom stereocenters. The van der Waals surface area contributed by atoms with Crippen molar-refractivity contribution in [1.29, 1.82) is 0 Å². The topological polar surface area (TPSA) is 91.3 Å². The minimum absolute atomic E-state index is 0.0866. The summed E-state index contributed by atoms with van der Waals surface area (Å²) in [7, 11) is 0. The molecule has 1 aromatic heterocycles. The van der Waals surface area contributed by atoms with Crippen LogP contribution in [0.15, 0.2) is 47.0 Å².